The number of nitrogens with zero attached hydrogens (tertiary/aromatic N) is 1. The number of carboxylic acid groups (broad SMARTS) is 1. The highest BCUT2D eigenvalue weighted by atomic mass is 16.5. The normalized spacial score (nSPS) is 21.7. The molecule has 1 atom stereocenters. The number of furan rings is 1. The molecular formula is C10H13NO4. The predicted molar refractivity (Wildman–Crippen MR) is 53.3 cm³/mol. The summed E-state index contributed by atoms with van der Waals surface area (Å²) in [6, 6.07) is 3.15. The lowest BCUT2D eigenvalue weighted by Crippen LogP contribution is -2.40. The van der Waals surface area contributed by atoms with Gasteiger partial charge in [-0.3, -0.25) is 0 Å². The van der Waals surface area contributed by atoms with Crippen molar-refractivity contribution in [1.29, 1.82) is 0 Å². The standard InChI is InChI=1S/C10H13NO4/c1-7-6-11(4-5-14-7)9-3-2-8(15-9)10(12)13/h2-3,7H,4-6H2,1H3,(H,12,13). The Balaban J connectivity index is 2.11. The molecule has 0 aliphatic carbocycles. The molecule has 1 aliphatic rings. The maximum absolute atomic E-state index is 10.6. The first-order valence-corrected chi connectivity index (χ1v) is 4.86. The monoisotopic (exact) mass is 211 g/mol. The molecule has 5 heteroatoms. The van der Waals surface area contributed by atoms with Crippen molar-refractivity contribution in [3.63, 3.8) is 0 Å². The Kier molecular flexibility index (Phi) is 2.64. The van der Waals surface area contributed by atoms with E-state index in [9.17, 15) is 4.79 Å². The van der Waals surface area contributed by atoms with Crippen LogP contribution in [0.2, 0.25) is 0 Å². The second kappa shape index (κ2) is 3.94. The topological polar surface area (TPSA) is 62.9 Å². The highest BCUT2D eigenvalue weighted by molar-refractivity contribution is 5.84. The van der Waals surface area contributed by atoms with E-state index >= 15 is 0 Å². The van der Waals surface area contributed by atoms with Gasteiger partial charge in [0.15, 0.2) is 5.88 Å². The summed E-state index contributed by atoms with van der Waals surface area (Å²) < 4.78 is 10.6. The minimum absolute atomic E-state index is 0.0239. The van der Waals surface area contributed by atoms with Crippen molar-refractivity contribution in [2.45, 2.75) is 13.0 Å². The van der Waals surface area contributed by atoms with Gasteiger partial charge in [0.05, 0.1) is 12.7 Å². The highest BCUT2D eigenvalue weighted by Crippen LogP contribution is 2.20. The Hall–Kier alpha value is -1.49. The van der Waals surface area contributed by atoms with E-state index < -0.39 is 5.97 Å². The van der Waals surface area contributed by atoms with Crippen molar-refractivity contribution in [2.24, 2.45) is 0 Å². The smallest absolute Gasteiger partial charge is 0.371 e. The number of carbonyl (C=O) groups is 1. The Labute approximate surface area is 87.2 Å². The molecular weight excluding hydrogens is 198 g/mol. The van der Waals surface area contributed by atoms with Crippen molar-refractivity contribution in [1.82, 2.24) is 0 Å². The van der Waals surface area contributed by atoms with Crippen LogP contribution < -0.4 is 4.90 Å². The van der Waals surface area contributed by atoms with Crippen LogP contribution >= 0.6 is 0 Å². The fourth-order valence-corrected chi connectivity index (χ4v) is 1.63. The van der Waals surface area contributed by atoms with E-state index in [0.29, 0.717) is 12.5 Å². The summed E-state index contributed by atoms with van der Waals surface area (Å²) in [5.41, 5.74) is 0. The molecule has 1 saturated heterocycles. The number of ether oxygens (including phenoxy) is 1. The van der Waals surface area contributed by atoms with Gasteiger partial charge in [0, 0.05) is 19.2 Å². The first-order chi connectivity index (χ1) is 7.16. The van der Waals surface area contributed by atoms with Crippen LogP contribution in [-0.4, -0.2) is 36.9 Å². The van der Waals surface area contributed by atoms with Crippen LogP contribution in [0.5, 0.6) is 0 Å². The van der Waals surface area contributed by atoms with E-state index in [4.69, 9.17) is 14.3 Å². The van der Waals surface area contributed by atoms with Gasteiger partial charge < -0.3 is 19.2 Å². The van der Waals surface area contributed by atoms with Crippen molar-refractivity contribution in [3.8, 4) is 0 Å². The molecule has 1 unspecified atom stereocenters. The number of anilines is 1. The van der Waals surface area contributed by atoms with E-state index in [1.807, 2.05) is 11.8 Å². The van der Waals surface area contributed by atoms with Gasteiger partial charge in [-0.05, 0) is 13.0 Å². The molecule has 82 valence electrons. The Morgan fingerprint density at radius 3 is 3.00 bits per heavy atom. The van der Waals surface area contributed by atoms with Gasteiger partial charge in [-0.15, -0.1) is 0 Å². The zero-order chi connectivity index (χ0) is 10.8. The largest absolute Gasteiger partial charge is 0.475 e. The maximum Gasteiger partial charge on any atom is 0.371 e. The Bertz CT molecular complexity index is 360. The van der Waals surface area contributed by atoms with Crippen LogP contribution in [0.4, 0.5) is 5.88 Å². The second-order valence-electron chi connectivity index (χ2n) is 3.57. The second-order valence-corrected chi connectivity index (χ2v) is 3.57. The molecule has 0 bridgehead atoms. The third-order valence-electron chi connectivity index (χ3n) is 2.36. The average molecular weight is 211 g/mol. The molecule has 1 fully saturated rings. The summed E-state index contributed by atoms with van der Waals surface area (Å²) in [4.78, 5) is 12.6. The van der Waals surface area contributed by atoms with Gasteiger partial charge in [-0.1, -0.05) is 0 Å². The lowest BCUT2D eigenvalue weighted by Gasteiger charge is -2.30. The third-order valence-corrected chi connectivity index (χ3v) is 2.36. The summed E-state index contributed by atoms with van der Waals surface area (Å²) in [6.07, 6.45) is 0.150. The van der Waals surface area contributed by atoms with Gasteiger partial charge in [0.2, 0.25) is 5.76 Å². The van der Waals surface area contributed by atoms with E-state index in [0.717, 1.165) is 13.1 Å². The van der Waals surface area contributed by atoms with Crippen LogP contribution in [-0.2, 0) is 4.74 Å². The number of carboxylic acids is 1. The molecule has 2 rings (SSSR count). The highest BCUT2D eigenvalue weighted by Gasteiger charge is 2.20. The van der Waals surface area contributed by atoms with Crippen molar-refractivity contribution in [2.75, 3.05) is 24.6 Å². The molecule has 1 N–H and O–H groups in total. The van der Waals surface area contributed by atoms with Crippen LogP contribution in [0.25, 0.3) is 0 Å². The van der Waals surface area contributed by atoms with E-state index in [1.54, 1.807) is 6.07 Å². The first-order valence-electron chi connectivity index (χ1n) is 4.86. The van der Waals surface area contributed by atoms with Crippen LogP contribution in [0.15, 0.2) is 16.5 Å². The van der Waals surface area contributed by atoms with E-state index in [1.165, 1.54) is 6.07 Å². The van der Waals surface area contributed by atoms with Gasteiger partial charge in [-0.2, -0.15) is 0 Å². The van der Waals surface area contributed by atoms with E-state index in [-0.39, 0.29) is 11.9 Å². The van der Waals surface area contributed by atoms with Gasteiger partial charge >= 0.3 is 5.97 Å². The lowest BCUT2D eigenvalue weighted by molar-refractivity contribution is 0.0514. The van der Waals surface area contributed by atoms with Crippen LogP contribution in [0, 0.1) is 0 Å². The fourth-order valence-electron chi connectivity index (χ4n) is 1.63. The first kappa shape index (κ1) is 10.0. The summed E-state index contributed by atoms with van der Waals surface area (Å²) in [6.45, 7) is 4.08. The molecule has 1 aliphatic heterocycles. The Morgan fingerprint density at radius 2 is 2.40 bits per heavy atom. The molecule has 0 radical (unpaired) electrons. The lowest BCUT2D eigenvalue weighted by atomic mass is 10.3. The number of hydrogen-bond acceptors (Lipinski definition) is 4. The van der Waals surface area contributed by atoms with Gasteiger partial charge in [0.25, 0.3) is 0 Å². The maximum atomic E-state index is 10.6. The number of aromatic carboxylic acids is 1. The summed E-state index contributed by atoms with van der Waals surface area (Å²) >= 11 is 0. The molecule has 0 amide bonds. The number of morpholine rings is 1. The molecule has 0 aromatic carbocycles. The Morgan fingerprint density at radius 1 is 1.60 bits per heavy atom. The van der Waals surface area contributed by atoms with Gasteiger partial charge in [-0.25, -0.2) is 4.79 Å². The molecule has 1 aromatic rings. The summed E-state index contributed by atoms with van der Waals surface area (Å²) in [5.74, 6) is -0.464. The zero-order valence-electron chi connectivity index (χ0n) is 8.47. The molecule has 0 spiro atoms. The molecule has 1 aromatic heterocycles. The molecule has 5 nitrogen and oxygen atoms in total. The minimum atomic E-state index is -1.04. The SMILES string of the molecule is CC1CN(c2ccc(C(=O)O)o2)CCO1. The molecule has 2 heterocycles. The number of hydrogen-bond donors (Lipinski definition) is 1. The molecule has 15 heavy (non-hydrogen) atoms. The average Bonchev–Trinajstić information content (AvgIpc) is 2.66. The third kappa shape index (κ3) is 2.12. The fraction of sp³-hybridized carbons (Fsp3) is 0.500. The summed E-state index contributed by atoms with van der Waals surface area (Å²) in [5, 5.41) is 8.71. The predicted octanol–water partition coefficient (Wildman–Crippen LogP) is 1.20. The van der Waals surface area contributed by atoms with Crippen LogP contribution in [0.3, 0.4) is 0 Å². The van der Waals surface area contributed by atoms with Crippen molar-refractivity contribution in [3.05, 3.63) is 17.9 Å². The van der Waals surface area contributed by atoms with Crippen LogP contribution in [0.1, 0.15) is 17.5 Å². The minimum Gasteiger partial charge on any atom is -0.475 e. The van der Waals surface area contributed by atoms with Gasteiger partial charge in [0.1, 0.15) is 0 Å². The number of rotatable bonds is 2. The van der Waals surface area contributed by atoms with Crippen molar-refractivity contribution < 1.29 is 19.1 Å². The summed E-state index contributed by atoms with van der Waals surface area (Å²) in [7, 11) is 0. The molecule has 0 saturated carbocycles. The van der Waals surface area contributed by atoms with E-state index in [2.05, 4.69) is 0 Å². The quantitative estimate of drug-likeness (QED) is 0.796. The zero-order valence-corrected chi connectivity index (χ0v) is 8.47. The van der Waals surface area contributed by atoms with Crippen molar-refractivity contribution >= 4 is 11.9 Å².